The number of nitrogens with one attached hydrogen (secondary N) is 1. The quantitative estimate of drug-likeness (QED) is 0.447. The van der Waals surface area contributed by atoms with Gasteiger partial charge in [-0.3, -0.25) is 9.59 Å². The molecule has 0 fully saturated rings. The molecule has 0 bridgehead atoms. The molecule has 1 heterocycles. The monoisotopic (exact) mass is 283 g/mol. The molecule has 0 saturated carbocycles. The van der Waals surface area contributed by atoms with Gasteiger partial charge >= 0.3 is 29.6 Å². The molecule has 0 radical (unpaired) electrons. The number of anilines is 1. The maximum atomic E-state index is 12.1. The second-order valence-corrected chi connectivity index (χ2v) is 4.03. The van der Waals surface area contributed by atoms with Gasteiger partial charge in [-0.2, -0.15) is 0 Å². The number of aliphatic carboxylic acids is 1. The van der Waals surface area contributed by atoms with Crippen LogP contribution < -0.4 is 45.4 Å². The van der Waals surface area contributed by atoms with Gasteiger partial charge in [0.25, 0.3) is 5.91 Å². The first-order valence-corrected chi connectivity index (χ1v) is 5.47. The summed E-state index contributed by atoms with van der Waals surface area (Å²) in [6.07, 6.45) is 0. The Kier molecular flexibility index (Phi) is 5.10. The van der Waals surface area contributed by atoms with Gasteiger partial charge in [0.2, 0.25) is 0 Å². The van der Waals surface area contributed by atoms with Gasteiger partial charge in [0.05, 0.1) is 11.1 Å². The third-order valence-electron chi connectivity index (χ3n) is 2.82. The van der Waals surface area contributed by atoms with Crippen LogP contribution in [0.4, 0.5) is 5.69 Å². The zero-order valence-corrected chi connectivity index (χ0v) is 13.3. The van der Waals surface area contributed by atoms with E-state index in [0.717, 1.165) is 0 Å². The summed E-state index contributed by atoms with van der Waals surface area (Å²) in [5.74, 6) is -2.71. The van der Waals surface area contributed by atoms with Crippen molar-refractivity contribution in [1.29, 1.82) is 0 Å². The molecule has 0 atom stereocenters. The number of benzene rings is 1. The van der Waals surface area contributed by atoms with E-state index in [1.807, 2.05) is 0 Å². The summed E-state index contributed by atoms with van der Waals surface area (Å²) in [5.41, 5.74) is 0.462. The third-order valence-corrected chi connectivity index (χ3v) is 2.82. The molecule has 98 valence electrons. The minimum Gasteiger partial charge on any atom is -0.540 e. The van der Waals surface area contributed by atoms with Crippen molar-refractivity contribution < 1.29 is 48.7 Å². The molecule has 2 aromatic rings. The van der Waals surface area contributed by atoms with E-state index in [2.05, 4.69) is 5.32 Å². The van der Waals surface area contributed by atoms with E-state index in [0.29, 0.717) is 11.3 Å². The van der Waals surface area contributed by atoms with E-state index in [9.17, 15) is 19.5 Å². The summed E-state index contributed by atoms with van der Waals surface area (Å²) in [4.78, 5) is 33.7. The number of fused-ring (bicyclic) bond motifs is 1. The van der Waals surface area contributed by atoms with Crippen LogP contribution in [0, 0.1) is 13.8 Å². The Morgan fingerprint density at radius 1 is 1.25 bits per heavy atom. The van der Waals surface area contributed by atoms with Crippen LogP contribution in [0.2, 0.25) is 0 Å². The summed E-state index contributed by atoms with van der Waals surface area (Å²) in [5, 5.41) is 12.7. The SMILES string of the molecule is Cc1oc2cccc(NC(=O)C(=O)[O-])c2c(=O)c1C.[Na+]. The summed E-state index contributed by atoms with van der Waals surface area (Å²) in [6.45, 7) is 3.25. The number of hydrogen-bond donors (Lipinski definition) is 1. The standard InChI is InChI=1S/C13H11NO5.Na/c1-6-7(2)19-9-5-3-4-8(10(9)11(6)15)14-12(16)13(17)18;/h3-5H,1-2H3,(H,14,16)(H,17,18);/q;+1/p-1. The largest absolute Gasteiger partial charge is 1.00 e. The van der Waals surface area contributed by atoms with Crippen molar-refractivity contribution in [2.75, 3.05) is 5.32 Å². The van der Waals surface area contributed by atoms with Crippen molar-refractivity contribution in [3.05, 3.63) is 39.7 Å². The molecule has 7 heteroatoms. The Bertz CT molecular complexity index is 750. The van der Waals surface area contributed by atoms with E-state index >= 15 is 0 Å². The Morgan fingerprint density at radius 3 is 2.50 bits per heavy atom. The Balaban J connectivity index is 0.00000200. The average molecular weight is 283 g/mol. The number of carboxylic acids is 1. The van der Waals surface area contributed by atoms with Gasteiger partial charge < -0.3 is 19.6 Å². The van der Waals surface area contributed by atoms with Gasteiger partial charge in [-0.15, -0.1) is 0 Å². The van der Waals surface area contributed by atoms with E-state index in [1.165, 1.54) is 6.07 Å². The fourth-order valence-electron chi connectivity index (χ4n) is 1.72. The van der Waals surface area contributed by atoms with Gasteiger partial charge in [0.1, 0.15) is 17.3 Å². The number of carboxylic acid groups (broad SMARTS) is 1. The summed E-state index contributed by atoms with van der Waals surface area (Å²) in [6, 6.07) is 4.54. The number of hydrogen-bond acceptors (Lipinski definition) is 5. The molecule has 20 heavy (non-hydrogen) atoms. The van der Waals surface area contributed by atoms with Gasteiger partial charge in [-0.25, -0.2) is 0 Å². The summed E-state index contributed by atoms with van der Waals surface area (Å²) < 4.78 is 5.44. The topological polar surface area (TPSA) is 99.4 Å². The maximum absolute atomic E-state index is 12.1. The van der Waals surface area contributed by atoms with E-state index in [-0.39, 0.29) is 51.6 Å². The Hall–Kier alpha value is -1.63. The minimum absolute atomic E-state index is 0. The average Bonchev–Trinajstić information content (AvgIpc) is 2.35. The predicted octanol–water partition coefficient (Wildman–Crippen LogP) is -2.90. The molecule has 1 aromatic carbocycles. The van der Waals surface area contributed by atoms with Crippen LogP contribution in [0.25, 0.3) is 11.0 Å². The normalized spacial score (nSPS) is 9.90. The van der Waals surface area contributed by atoms with Crippen molar-refractivity contribution in [2.45, 2.75) is 13.8 Å². The predicted molar refractivity (Wildman–Crippen MR) is 65.6 cm³/mol. The molecule has 2 rings (SSSR count). The van der Waals surface area contributed by atoms with Crippen LogP contribution in [-0.4, -0.2) is 11.9 Å². The first-order valence-electron chi connectivity index (χ1n) is 5.47. The van der Waals surface area contributed by atoms with Crippen LogP contribution in [0.15, 0.2) is 27.4 Å². The first-order chi connectivity index (χ1) is 8.91. The molecule has 0 aliphatic rings. The van der Waals surface area contributed by atoms with Crippen molar-refractivity contribution in [1.82, 2.24) is 0 Å². The van der Waals surface area contributed by atoms with E-state index in [4.69, 9.17) is 4.42 Å². The maximum Gasteiger partial charge on any atom is 1.00 e. The fourth-order valence-corrected chi connectivity index (χ4v) is 1.72. The van der Waals surface area contributed by atoms with E-state index in [1.54, 1.807) is 26.0 Å². The van der Waals surface area contributed by atoms with Crippen molar-refractivity contribution in [3.8, 4) is 0 Å². The molecule has 1 N–H and O–H groups in total. The van der Waals surface area contributed by atoms with Gasteiger partial charge in [-0.1, -0.05) is 6.07 Å². The molecular weight excluding hydrogens is 273 g/mol. The molecule has 0 unspecified atom stereocenters. The number of carbonyl (C=O) groups is 2. The number of rotatable bonds is 1. The molecule has 1 aromatic heterocycles. The smallest absolute Gasteiger partial charge is 0.540 e. The summed E-state index contributed by atoms with van der Waals surface area (Å²) in [7, 11) is 0. The van der Waals surface area contributed by atoms with Gasteiger partial charge in [-0.05, 0) is 26.0 Å². The van der Waals surface area contributed by atoms with Crippen LogP contribution in [0.5, 0.6) is 0 Å². The second kappa shape index (κ2) is 6.21. The van der Waals surface area contributed by atoms with Gasteiger partial charge in [0.15, 0.2) is 5.43 Å². The first kappa shape index (κ1) is 16.4. The van der Waals surface area contributed by atoms with Crippen molar-refractivity contribution in [2.24, 2.45) is 0 Å². The number of amides is 1. The fraction of sp³-hybridized carbons (Fsp3) is 0.154. The minimum atomic E-state index is -1.87. The zero-order chi connectivity index (χ0) is 14.2. The molecular formula is C13H10NNaO5. The third kappa shape index (κ3) is 2.92. The number of carbonyl (C=O) groups excluding carboxylic acids is 2. The Morgan fingerprint density at radius 2 is 1.90 bits per heavy atom. The molecule has 0 aliphatic carbocycles. The summed E-state index contributed by atoms with van der Waals surface area (Å²) >= 11 is 0. The molecule has 1 amide bonds. The van der Waals surface area contributed by atoms with Gasteiger partial charge in [0, 0.05) is 5.56 Å². The number of aryl methyl sites for hydroxylation is 1. The zero-order valence-electron chi connectivity index (χ0n) is 11.3. The van der Waals surface area contributed by atoms with Crippen molar-refractivity contribution in [3.63, 3.8) is 0 Å². The molecule has 0 aliphatic heterocycles. The van der Waals surface area contributed by atoms with Crippen LogP contribution in [-0.2, 0) is 9.59 Å². The molecule has 0 saturated heterocycles. The molecule has 6 nitrogen and oxygen atoms in total. The van der Waals surface area contributed by atoms with Crippen LogP contribution >= 0.6 is 0 Å². The van der Waals surface area contributed by atoms with Crippen molar-refractivity contribution >= 4 is 28.5 Å². The van der Waals surface area contributed by atoms with Crippen LogP contribution in [0.1, 0.15) is 11.3 Å². The van der Waals surface area contributed by atoms with Crippen LogP contribution in [0.3, 0.4) is 0 Å². The Labute approximate surface area is 136 Å². The second-order valence-electron chi connectivity index (χ2n) is 4.03. The molecule has 0 spiro atoms. The van der Waals surface area contributed by atoms with E-state index < -0.39 is 11.9 Å².